The summed E-state index contributed by atoms with van der Waals surface area (Å²) >= 11 is 1.75. The zero-order chi connectivity index (χ0) is 15.2. The van der Waals surface area contributed by atoms with Gasteiger partial charge in [0.2, 0.25) is 5.91 Å². The van der Waals surface area contributed by atoms with E-state index in [0.717, 1.165) is 19.4 Å². The van der Waals surface area contributed by atoms with Gasteiger partial charge in [-0.2, -0.15) is 0 Å². The van der Waals surface area contributed by atoms with Crippen molar-refractivity contribution in [3.8, 4) is 0 Å². The molecular formula is C15H23ClN2O3S. The number of halogens is 1. The van der Waals surface area contributed by atoms with Gasteiger partial charge in [-0.1, -0.05) is 13.3 Å². The van der Waals surface area contributed by atoms with E-state index < -0.39 is 12.0 Å². The fourth-order valence-corrected chi connectivity index (χ4v) is 3.46. The van der Waals surface area contributed by atoms with E-state index in [1.165, 1.54) is 10.4 Å². The van der Waals surface area contributed by atoms with Crippen LogP contribution in [-0.2, 0) is 22.6 Å². The fraction of sp³-hybridized carbons (Fsp3) is 0.600. The first-order valence-corrected chi connectivity index (χ1v) is 8.29. The van der Waals surface area contributed by atoms with Crippen LogP contribution in [0.5, 0.6) is 0 Å². The predicted octanol–water partition coefficient (Wildman–Crippen LogP) is 2.29. The maximum atomic E-state index is 12.2. The molecule has 1 aromatic heterocycles. The quantitative estimate of drug-likeness (QED) is 0.794. The zero-order valence-electron chi connectivity index (χ0n) is 12.7. The van der Waals surface area contributed by atoms with Crippen LogP contribution in [0.25, 0.3) is 0 Å². The number of rotatable bonds is 7. The van der Waals surface area contributed by atoms with Crippen LogP contribution in [0.1, 0.15) is 36.6 Å². The van der Waals surface area contributed by atoms with Crippen LogP contribution in [0.4, 0.5) is 0 Å². The van der Waals surface area contributed by atoms with Gasteiger partial charge in [0.1, 0.15) is 6.04 Å². The molecule has 1 unspecified atom stereocenters. The highest BCUT2D eigenvalue weighted by molar-refractivity contribution is 7.10. The molecule has 124 valence electrons. The Morgan fingerprint density at radius 2 is 2.27 bits per heavy atom. The molecule has 0 spiro atoms. The van der Waals surface area contributed by atoms with Crippen LogP contribution < -0.4 is 5.32 Å². The summed E-state index contributed by atoms with van der Waals surface area (Å²) in [5.41, 5.74) is 1.25. The third-order valence-corrected chi connectivity index (χ3v) is 4.79. The van der Waals surface area contributed by atoms with Gasteiger partial charge in [-0.15, -0.1) is 23.7 Å². The van der Waals surface area contributed by atoms with Crippen molar-refractivity contribution in [1.29, 1.82) is 0 Å². The predicted molar refractivity (Wildman–Crippen MR) is 89.6 cm³/mol. The Morgan fingerprint density at radius 1 is 1.50 bits per heavy atom. The lowest BCUT2D eigenvalue weighted by atomic mass is 10.1. The molecule has 22 heavy (non-hydrogen) atoms. The van der Waals surface area contributed by atoms with Gasteiger partial charge in [-0.3, -0.25) is 9.59 Å². The summed E-state index contributed by atoms with van der Waals surface area (Å²) in [6, 6.07) is 1.53. The van der Waals surface area contributed by atoms with E-state index in [-0.39, 0.29) is 18.3 Å². The topological polar surface area (TPSA) is 69.6 Å². The molecular weight excluding hydrogens is 324 g/mol. The Morgan fingerprint density at radius 3 is 2.95 bits per heavy atom. The van der Waals surface area contributed by atoms with Crippen molar-refractivity contribution in [3.05, 3.63) is 21.9 Å². The second-order valence-corrected chi connectivity index (χ2v) is 6.32. The highest BCUT2D eigenvalue weighted by atomic mass is 35.5. The number of carbonyl (C=O) groups excluding carboxylic acids is 1. The van der Waals surface area contributed by atoms with Crippen LogP contribution >= 0.6 is 23.7 Å². The number of hydrogen-bond acceptors (Lipinski definition) is 4. The minimum atomic E-state index is -0.842. The van der Waals surface area contributed by atoms with Crippen molar-refractivity contribution < 1.29 is 14.7 Å². The molecule has 0 bridgehead atoms. The molecule has 2 rings (SSSR count). The van der Waals surface area contributed by atoms with E-state index in [9.17, 15) is 9.59 Å². The van der Waals surface area contributed by atoms with Crippen molar-refractivity contribution >= 4 is 35.6 Å². The van der Waals surface area contributed by atoms with Gasteiger partial charge in [0.05, 0.1) is 0 Å². The minimum Gasteiger partial charge on any atom is -0.480 e. The third-order valence-electron chi connectivity index (χ3n) is 3.77. The summed E-state index contributed by atoms with van der Waals surface area (Å²) in [5.74, 6) is -0.745. The first-order valence-electron chi connectivity index (χ1n) is 7.41. The summed E-state index contributed by atoms with van der Waals surface area (Å²) in [7, 11) is 0. The lowest BCUT2D eigenvalue weighted by Crippen LogP contribution is -2.40. The van der Waals surface area contributed by atoms with Crippen molar-refractivity contribution in [2.75, 3.05) is 13.1 Å². The molecule has 0 radical (unpaired) electrons. The van der Waals surface area contributed by atoms with Gasteiger partial charge in [0, 0.05) is 30.9 Å². The smallest absolute Gasteiger partial charge is 0.320 e. The number of carbonyl (C=O) groups is 2. The molecule has 1 atom stereocenters. The van der Waals surface area contributed by atoms with Crippen LogP contribution in [0.2, 0.25) is 0 Å². The Kier molecular flexibility index (Phi) is 7.85. The van der Waals surface area contributed by atoms with Gasteiger partial charge in [-0.25, -0.2) is 0 Å². The van der Waals surface area contributed by atoms with E-state index in [2.05, 4.69) is 16.8 Å². The molecule has 2 N–H and O–H groups in total. The monoisotopic (exact) mass is 346 g/mol. The fourth-order valence-electron chi connectivity index (χ4n) is 2.57. The van der Waals surface area contributed by atoms with E-state index in [1.54, 1.807) is 11.3 Å². The number of thiophene rings is 1. The number of nitrogens with one attached hydrogen (secondary N) is 1. The third kappa shape index (κ3) is 4.97. The standard InChI is InChI=1S/C15H22N2O3S.ClH/c1-2-3-12(15(19)20)16-7-4-14(18)17-8-5-13-11(10-17)6-9-21-13;/h6,9,12,16H,2-5,7-8,10H2,1H3,(H,19,20);1H. The molecule has 0 saturated heterocycles. The number of carboxylic acid groups (broad SMARTS) is 1. The first kappa shape index (κ1) is 18.9. The Labute approximate surface area is 141 Å². The molecule has 1 aromatic rings. The zero-order valence-corrected chi connectivity index (χ0v) is 14.3. The summed E-state index contributed by atoms with van der Waals surface area (Å²) in [4.78, 5) is 26.4. The van der Waals surface area contributed by atoms with Gasteiger partial charge < -0.3 is 15.3 Å². The molecule has 0 saturated carbocycles. The Bertz CT molecular complexity index is 507. The van der Waals surface area contributed by atoms with Gasteiger partial charge >= 0.3 is 5.97 Å². The number of hydrogen-bond donors (Lipinski definition) is 2. The number of amides is 1. The normalized spacial score (nSPS) is 14.9. The largest absolute Gasteiger partial charge is 0.480 e. The molecule has 1 aliphatic heterocycles. The molecule has 2 heterocycles. The maximum Gasteiger partial charge on any atom is 0.320 e. The number of carboxylic acids is 1. The van der Waals surface area contributed by atoms with Crippen molar-refractivity contribution in [1.82, 2.24) is 10.2 Å². The molecule has 0 fully saturated rings. The van der Waals surface area contributed by atoms with Gasteiger partial charge in [0.15, 0.2) is 0 Å². The van der Waals surface area contributed by atoms with E-state index in [4.69, 9.17) is 5.11 Å². The average molecular weight is 347 g/mol. The summed E-state index contributed by atoms with van der Waals surface area (Å²) in [5, 5.41) is 14.1. The lowest BCUT2D eigenvalue weighted by Gasteiger charge is -2.27. The molecule has 7 heteroatoms. The van der Waals surface area contributed by atoms with E-state index >= 15 is 0 Å². The summed E-state index contributed by atoms with van der Waals surface area (Å²) in [6.45, 7) is 3.83. The highest BCUT2D eigenvalue weighted by Crippen LogP contribution is 2.24. The summed E-state index contributed by atoms with van der Waals surface area (Å²) < 4.78 is 0. The summed E-state index contributed by atoms with van der Waals surface area (Å²) in [6.07, 6.45) is 2.68. The minimum absolute atomic E-state index is 0. The van der Waals surface area contributed by atoms with E-state index in [1.807, 2.05) is 11.8 Å². The molecule has 0 aliphatic carbocycles. The molecule has 0 aromatic carbocycles. The number of fused-ring (bicyclic) bond motifs is 1. The maximum absolute atomic E-state index is 12.2. The van der Waals surface area contributed by atoms with Crippen molar-refractivity contribution in [3.63, 3.8) is 0 Å². The Balaban J connectivity index is 0.00000242. The van der Waals surface area contributed by atoms with Crippen LogP contribution in [0.3, 0.4) is 0 Å². The van der Waals surface area contributed by atoms with Crippen LogP contribution in [0.15, 0.2) is 11.4 Å². The van der Waals surface area contributed by atoms with Crippen molar-refractivity contribution in [2.24, 2.45) is 0 Å². The van der Waals surface area contributed by atoms with E-state index in [0.29, 0.717) is 25.9 Å². The second-order valence-electron chi connectivity index (χ2n) is 5.32. The van der Waals surface area contributed by atoms with Crippen LogP contribution in [-0.4, -0.2) is 41.0 Å². The average Bonchev–Trinajstić information content (AvgIpc) is 2.93. The van der Waals surface area contributed by atoms with Gasteiger partial charge in [0.25, 0.3) is 0 Å². The molecule has 1 aliphatic rings. The van der Waals surface area contributed by atoms with Crippen molar-refractivity contribution in [2.45, 2.75) is 45.2 Å². The number of nitrogens with zero attached hydrogens (tertiary/aromatic N) is 1. The molecule has 5 nitrogen and oxygen atoms in total. The lowest BCUT2D eigenvalue weighted by molar-refractivity contribution is -0.140. The highest BCUT2D eigenvalue weighted by Gasteiger charge is 2.22. The first-order chi connectivity index (χ1) is 10.1. The SMILES string of the molecule is CCCC(NCCC(=O)N1CCc2sccc2C1)C(=O)O.Cl. The van der Waals surface area contributed by atoms with Crippen LogP contribution in [0, 0.1) is 0 Å². The number of aliphatic carboxylic acids is 1. The molecule has 1 amide bonds. The van der Waals surface area contributed by atoms with Gasteiger partial charge in [-0.05, 0) is 29.9 Å². The Hall–Kier alpha value is -1.11. The second kappa shape index (κ2) is 9.12.